The van der Waals surface area contributed by atoms with Crippen molar-refractivity contribution in [2.24, 2.45) is 0 Å². The predicted molar refractivity (Wildman–Crippen MR) is 119 cm³/mol. The number of carbonyl (C=O) groups is 1. The minimum atomic E-state index is -4.45. The van der Waals surface area contributed by atoms with Crippen LogP contribution in [0.15, 0.2) is 72.9 Å². The number of pyridine rings is 1. The van der Waals surface area contributed by atoms with Crippen LogP contribution in [0.3, 0.4) is 0 Å². The maximum absolute atomic E-state index is 12.9. The van der Waals surface area contributed by atoms with Crippen LogP contribution in [0.2, 0.25) is 0 Å². The van der Waals surface area contributed by atoms with E-state index in [9.17, 15) is 18.0 Å². The number of hydrogen-bond acceptors (Lipinski definition) is 3. The van der Waals surface area contributed by atoms with Gasteiger partial charge in [-0.15, -0.1) is 0 Å². The molecule has 0 saturated heterocycles. The third-order valence-electron chi connectivity index (χ3n) is 4.57. The number of anilines is 1. The van der Waals surface area contributed by atoms with Gasteiger partial charge in [-0.2, -0.15) is 13.2 Å². The number of carbonyl (C=O) groups excluding carboxylic acids is 1. The summed E-state index contributed by atoms with van der Waals surface area (Å²) in [4.78, 5) is 16.6. The number of rotatable bonds is 5. The average molecular weight is 440 g/mol. The molecule has 0 aliphatic rings. The molecule has 4 nitrogen and oxygen atoms in total. The predicted octanol–water partition coefficient (Wildman–Crippen LogP) is 6.84. The van der Waals surface area contributed by atoms with E-state index in [4.69, 9.17) is 4.74 Å². The lowest BCUT2D eigenvalue weighted by Crippen LogP contribution is -2.13. The van der Waals surface area contributed by atoms with Crippen molar-refractivity contribution in [2.45, 2.75) is 32.4 Å². The molecule has 0 fully saturated rings. The second-order valence-corrected chi connectivity index (χ2v) is 8.15. The summed E-state index contributed by atoms with van der Waals surface area (Å²) in [7, 11) is 0. The standard InChI is InChI=1S/C25H23F3N2O2/c1-24(2,3)19-10-4-5-12-21(19)32-23-20(11-7-15-29-23)30-22(31)14-13-17-8-6-9-18(16-17)25(26,27)28/h4-16H,1-3H3,(H,30,31). The quantitative estimate of drug-likeness (QED) is 0.442. The Bertz CT molecular complexity index is 1130. The molecule has 3 aromatic rings. The van der Waals surface area contributed by atoms with Crippen LogP contribution >= 0.6 is 0 Å². The van der Waals surface area contributed by atoms with Gasteiger partial charge < -0.3 is 10.1 Å². The zero-order chi connectivity index (χ0) is 23.4. The highest BCUT2D eigenvalue weighted by atomic mass is 19.4. The number of para-hydroxylation sites is 1. The highest BCUT2D eigenvalue weighted by molar-refractivity contribution is 6.02. The summed E-state index contributed by atoms with van der Waals surface area (Å²) >= 11 is 0. The molecule has 2 aromatic carbocycles. The van der Waals surface area contributed by atoms with E-state index in [2.05, 4.69) is 31.1 Å². The summed E-state index contributed by atoms with van der Waals surface area (Å²) in [6.45, 7) is 6.19. The Hall–Kier alpha value is -3.61. The van der Waals surface area contributed by atoms with E-state index in [1.807, 2.05) is 24.3 Å². The highest BCUT2D eigenvalue weighted by Gasteiger charge is 2.30. The van der Waals surface area contributed by atoms with Crippen molar-refractivity contribution in [3.05, 3.63) is 89.6 Å². The molecule has 0 saturated carbocycles. The monoisotopic (exact) mass is 440 g/mol. The molecule has 0 spiro atoms. The van der Waals surface area contributed by atoms with E-state index in [0.717, 1.165) is 23.8 Å². The number of alkyl halides is 3. The van der Waals surface area contributed by atoms with Gasteiger partial charge in [0, 0.05) is 17.8 Å². The molecule has 0 aliphatic heterocycles. The fourth-order valence-corrected chi connectivity index (χ4v) is 3.01. The average Bonchev–Trinajstić information content (AvgIpc) is 2.73. The second kappa shape index (κ2) is 9.26. The lowest BCUT2D eigenvalue weighted by atomic mass is 9.86. The SMILES string of the molecule is CC(C)(C)c1ccccc1Oc1ncccc1NC(=O)C=Cc1cccc(C(F)(F)F)c1. The third-order valence-corrected chi connectivity index (χ3v) is 4.57. The minimum absolute atomic E-state index is 0.164. The Morgan fingerprint density at radius 1 is 1.00 bits per heavy atom. The number of ether oxygens (including phenoxy) is 1. The van der Waals surface area contributed by atoms with Crippen molar-refractivity contribution < 1.29 is 22.7 Å². The summed E-state index contributed by atoms with van der Waals surface area (Å²) in [5, 5.41) is 2.67. The molecule has 0 unspecified atom stereocenters. The Morgan fingerprint density at radius 3 is 2.47 bits per heavy atom. The van der Waals surface area contributed by atoms with Crippen molar-refractivity contribution in [3.8, 4) is 11.6 Å². The first-order valence-electron chi connectivity index (χ1n) is 9.93. The van der Waals surface area contributed by atoms with E-state index in [-0.39, 0.29) is 16.9 Å². The largest absolute Gasteiger partial charge is 0.437 e. The van der Waals surface area contributed by atoms with Gasteiger partial charge in [-0.05, 0) is 47.4 Å². The number of nitrogens with one attached hydrogen (secondary N) is 1. The molecule has 3 rings (SSSR count). The molecule has 7 heteroatoms. The first-order chi connectivity index (χ1) is 15.0. The van der Waals surface area contributed by atoms with Crippen LogP contribution in [-0.2, 0) is 16.4 Å². The number of halogens is 3. The van der Waals surface area contributed by atoms with Crippen LogP contribution in [0.5, 0.6) is 11.6 Å². The van der Waals surface area contributed by atoms with E-state index in [1.54, 1.807) is 18.3 Å². The van der Waals surface area contributed by atoms with Crippen molar-refractivity contribution in [3.63, 3.8) is 0 Å². The van der Waals surface area contributed by atoms with Crippen molar-refractivity contribution >= 4 is 17.7 Å². The summed E-state index contributed by atoms with van der Waals surface area (Å²) in [6.07, 6.45) is -0.424. The van der Waals surface area contributed by atoms with Crippen molar-refractivity contribution in [2.75, 3.05) is 5.32 Å². The lowest BCUT2D eigenvalue weighted by Gasteiger charge is -2.22. The number of nitrogens with zero attached hydrogens (tertiary/aromatic N) is 1. The van der Waals surface area contributed by atoms with Crippen LogP contribution in [0.1, 0.15) is 37.5 Å². The van der Waals surface area contributed by atoms with Crippen LogP contribution in [-0.4, -0.2) is 10.9 Å². The molecule has 1 amide bonds. The molecule has 0 radical (unpaired) electrons. The van der Waals surface area contributed by atoms with Gasteiger partial charge in [0.2, 0.25) is 11.8 Å². The Kier molecular flexibility index (Phi) is 6.67. The second-order valence-electron chi connectivity index (χ2n) is 8.15. The van der Waals surface area contributed by atoms with Gasteiger partial charge in [0.25, 0.3) is 0 Å². The van der Waals surface area contributed by atoms with Gasteiger partial charge in [0.05, 0.1) is 5.56 Å². The Morgan fingerprint density at radius 2 is 1.75 bits per heavy atom. The first kappa shape index (κ1) is 23.1. The third kappa shape index (κ3) is 5.97. The summed E-state index contributed by atoms with van der Waals surface area (Å²) < 4.78 is 44.6. The minimum Gasteiger partial charge on any atom is -0.437 e. The summed E-state index contributed by atoms with van der Waals surface area (Å²) in [5.41, 5.74) is 0.641. The number of hydrogen-bond donors (Lipinski definition) is 1. The molecule has 1 heterocycles. The van der Waals surface area contributed by atoms with E-state index >= 15 is 0 Å². The molecule has 1 N–H and O–H groups in total. The zero-order valence-corrected chi connectivity index (χ0v) is 17.9. The van der Waals surface area contributed by atoms with E-state index < -0.39 is 17.6 Å². The van der Waals surface area contributed by atoms with Crippen LogP contribution in [0, 0.1) is 0 Å². The van der Waals surface area contributed by atoms with Crippen molar-refractivity contribution in [1.29, 1.82) is 0 Å². The zero-order valence-electron chi connectivity index (χ0n) is 17.9. The van der Waals surface area contributed by atoms with Gasteiger partial charge in [0.1, 0.15) is 11.4 Å². The van der Waals surface area contributed by atoms with Crippen LogP contribution in [0.25, 0.3) is 6.08 Å². The first-order valence-corrected chi connectivity index (χ1v) is 9.93. The molecule has 0 atom stereocenters. The normalized spacial score (nSPS) is 12.1. The highest BCUT2D eigenvalue weighted by Crippen LogP contribution is 2.35. The molecule has 0 bridgehead atoms. The maximum atomic E-state index is 12.9. The van der Waals surface area contributed by atoms with E-state index in [0.29, 0.717) is 11.4 Å². The smallest absolute Gasteiger partial charge is 0.416 e. The Labute approximate surface area is 184 Å². The topological polar surface area (TPSA) is 51.2 Å². The van der Waals surface area contributed by atoms with Crippen LogP contribution in [0.4, 0.5) is 18.9 Å². The molecule has 1 aromatic heterocycles. The number of benzene rings is 2. The van der Waals surface area contributed by atoms with Gasteiger partial charge in [-0.1, -0.05) is 51.1 Å². The molecular weight excluding hydrogens is 417 g/mol. The fraction of sp³-hybridized carbons (Fsp3) is 0.200. The summed E-state index contributed by atoms with van der Waals surface area (Å²) in [5.74, 6) is 0.308. The number of amides is 1. The summed E-state index contributed by atoms with van der Waals surface area (Å²) in [6, 6.07) is 15.6. The Balaban J connectivity index is 1.78. The number of aromatic nitrogens is 1. The van der Waals surface area contributed by atoms with Crippen molar-refractivity contribution in [1.82, 2.24) is 4.98 Å². The van der Waals surface area contributed by atoms with Gasteiger partial charge in [0.15, 0.2) is 0 Å². The van der Waals surface area contributed by atoms with Gasteiger partial charge in [-0.3, -0.25) is 4.79 Å². The molecule has 32 heavy (non-hydrogen) atoms. The van der Waals surface area contributed by atoms with Gasteiger partial charge >= 0.3 is 6.18 Å². The molecular formula is C25H23F3N2O2. The van der Waals surface area contributed by atoms with E-state index in [1.165, 1.54) is 18.2 Å². The van der Waals surface area contributed by atoms with Crippen LogP contribution < -0.4 is 10.1 Å². The lowest BCUT2D eigenvalue weighted by molar-refractivity contribution is -0.137. The molecule has 166 valence electrons. The van der Waals surface area contributed by atoms with Gasteiger partial charge in [-0.25, -0.2) is 4.98 Å². The fourth-order valence-electron chi connectivity index (χ4n) is 3.01. The maximum Gasteiger partial charge on any atom is 0.416 e. The molecule has 0 aliphatic carbocycles.